The highest BCUT2D eigenvalue weighted by atomic mass is 16.5. The van der Waals surface area contributed by atoms with Crippen LogP contribution in [0.3, 0.4) is 0 Å². The SMILES string of the molecule is CCc1nc(-c2ccc3c(c2)CCC3NC(=O)c2ccno2)no1. The first-order valence-electron chi connectivity index (χ1n) is 7.92. The first-order valence-corrected chi connectivity index (χ1v) is 7.92. The van der Waals surface area contributed by atoms with E-state index in [1.54, 1.807) is 6.07 Å². The first-order chi connectivity index (χ1) is 11.7. The molecule has 122 valence electrons. The normalized spacial score (nSPS) is 16.1. The Balaban J connectivity index is 1.55. The summed E-state index contributed by atoms with van der Waals surface area (Å²) in [5.41, 5.74) is 3.24. The molecule has 0 saturated heterocycles. The van der Waals surface area contributed by atoms with E-state index in [2.05, 4.69) is 26.7 Å². The maximum atomic E-state index is 12.1. The quantitative estimate of drug-likeness (QED) is 0.793. The molecular formula is C17H16N4O3. The molecule has 4 rings (SSSR count). The van der Waals surface area contributed by atoms with Crippen molar-refractivity contribution in [2.75, 3.05) is 0 Å². The second-order valence-electron chi connectivity index (χ2n) is 5.72. The van der Waals surface area contributed by atoms with Gasteiger partial charge >= 0.3 is 0 Å². The molecule has 7 heteroatoms. The van der Waals surface area contributed by atoms with Crippen molar-refractivity contribution < 1.29 is 13.8 Å². The molecular weight excluding hydrogens is 308 g/mol. The summed E-state index contributed by atoms with van der Waals surface area (Å²) in [4.78, 5) is 16.5. The van der Waals surface area contributed by atoms with Gasteiger partial charge in [-0.3, -0.25) is 4.79 Å². The summed E-state index contributed by atoms with van der Waals surface area (Å²) in [6.07, 6.45) is 3.92. The van der Waals surface area contributed by atoms with Gasteiger partial charge in [-0.05, 0) is 30.0 Å². The summed E-state index contributed by atoms with van der Waals surface area (Å²) in [5, 5.41) is 10.6. The van der Waals surface area contributed by atoms with Crippen molar-refractivity contribution in [2.45, 2.75) is 32.2 Å². The Labute approximate surface area is 138 Å². The topological polar surface area (TPSA) is 94.1 Å². The van der Waals surface area contributed by atoms with Crippen molar-refractivity contribution in [2.24, 2.45) is 0 Å². The number of fused-ring (bicyclic) bond motifs is 1. The molecule has 0 fully saturated rings. The van der Waals surface area contributed by atoms with Crippen LogP contribution in [-0.2, 0) is 12.8 Å². The number of hydrogen-bond acceptors (Lipinski definition) is 6. The zero-order valence-corrected chi connectivity index (χ0v) is 13.2. The molecule has 1 N–H and O–H groups in total. The fraction of sp³-hybridized carbons (Fsp3) is 0.294. The molecule has 24 heavy (non-hydrogen) atoms. The third-order valence-corrected chi connectivity index (χ3v) is 4.22. The highest BCUT2D eigenvalue weighted by molar-refractivity contribution is 5.91. The van der Waals surface area contributed by atoms with Crippen LogP contribution in [0.1, 0.15) is 47.0 Å². The lowest BCUT2D eigenvalue weighted by Crippen LogP contribution is -2.26. The number of nitrogens with one attached hydrogen (secondary N) is 1. The van der Waals surface area contributed by atoms with Crippen LogP contribution in [-0.4, -0.2) is 21.2 Å². The number of rotatable bonds is 4. The van der Waals surface area contributed by atoms with Crippen LogP contribution in [0.5, 0.6) is 0 Å². The van der Waals surface area contributed by atoms with E-state index in [0.717, 1.165) is 24.0 Å². The standard InChI is InChI=1S/C17H16N4O3/c1-2-15-20-16(21-24-15)11-3-5-12-10(9-11)4-6-13(12)19-17(22)14-7-8-18-23-14/h3,5,7-9,13H,2,4,6H2,1H3,(H,19,22). The lowest BCUT2D eigenvalue weighted by molar-refractivity contribution is 0.0899. The second-order valence-corrected chi connectivity index (χ2v) is 5.72. The molecule has 1 aromatic carbocycles. The molecule has 1 aliphatic rings. The van der Waals surface area contributed by atoms with Gasteiger partial charge in [-0.15, -0.1) is 0 Å². The molecule has 1 unspecified atom stereocenters. The number of amides is 1. The smallest absolute Gasteiger partial charge is 0.290 e. The monoisotopic (exact) mass is 324 g/mol. The Hall–Kier alpha value is -2.96. The van der Waals surface area contributed by atoms with Crippen LogP contribution in [0.25, 0.3) is 11.4 Å². The van der Waals surface area contributed by atoms with Gasteiger partial charge in [0.05, 0.1) is 12.2 Å². The van der Waals surface area contributed by atoms with Crippen LogP contribution >= 0.6 is 0 Å². The highest BCUT2D eigenvalue weighted by Gasteiger charge is 2.26. The molecule has 1 amide bonds. The van der Waals surface area contributed by atoms with Gasteiger partial charge in [-0.1, -0.05) is 29.4 Å². The van der Waals surface area contributed by atoms with Crippen molar-refractivity contribution >= 4 is 5.91 Å². The van der Waals surface area contributed by atoms with E-state index in [4.69, 9.17) is 9.05 Å². The summed E-state index contributed by atoms with van der Waals surface area (Å²) in [6.45, 7) is 1.97. The van der Waals surface area contributed by atoms with Crippen LogP contribution in [0, 0.1) is 0 Å². The number of hydrogen-bond donors (Lipinski definition) is 1. The number of benzene rings is 1. The molecule has 0 radical (unpaired) electrons. The fourth-order valence-electron chi connectivity index (χ4n) is 2.98. The largest absolute Gasteiger partial charge is 0.351 e. The highest BCUT2D eigenvalue weighted by Crippen LogP contribution is 2.33. The molecule has 0 bridgehead atoms. The van der Waals surface area contributed by atoms with Crippen molar-refractivity contribution in [3.05, 3.63) is 53.2 Å². The van der Waals surface area contributed by atoms with Gasteiger partial charge in [0.1, 0.15) is 0 Å². The second kappa shape index (κ2) is 5.92. The molecule has 0 aliphatic heterocycles. The van der Waals surface area contributed by atoms with Gasteiger partial charge in [0.15, 0.2) is 0 Å². The Bertz CT molecular complexity index is 870. The van der Waals surface area contributed by atoms with Crippen LogP contribution in [0.15, 0.2) is 39.5 Å². The van der Waals surface area contributed by atoms with E-state index in [-0.39, 0.29) is 17.7 Å². The summed E-state index contributed by atoms with van der Waals surface area (Å²) in [6, 6.07) is 7.58. The van der Waals surface area contributed by atoms with Crippen LogP contribution < -0.4 is 5.32 Å². The average molecular weight is 324 g/mol. The predicted octanol–water partition coefficient (Wildman–Crippen LogP) is 2.70. The minimum atomic E-state index is -0.250. The molecule has 2 aromatic heterocycles. The maximum Gasteiger partial charge on any atom is 0.290 e. The zero-order chi connectivity index (χ0) is 16.5. The minimum absolute atomic E-state index is 0.0249. The van der Waals surface area contributed by atoms with Gasteiger partial charge in [0.2, 0.25) is 17.5 Å². The van der Waals surface area contributed by atoms with E-state index in [0.29, 0.717) is 18.1 Å². The molecule has 1 atom stereocenters. The number of carbonyl (C=O) groups is 1. The van der Waals surface area contributed by atoms with Gasteiger partial charge in [-0.2, -0.15) is 4.98 Å². The van der Waals surface area contributed by atoms with Crippen molar-refractivity contribution in [1.82, 2.24) is 20.6 Å². The summed E-state index contributed by atoms with van der Waals surface area (Å²) < 4.78 is 10.1. The third kappa shape index (κ3) is 2.58. The number of aryl methyl sites for hydroxylation is 2. The molecule has 7 nitrogen and oxygen atoms in total. The van der Waals surface area contributed by atoms with Crippen molar-refractivity contribution in [3.8, 4) is 11.4 Å². The Morgan fingerprint density at radius 3 is 3.00 bits per heavy atom. The molecule has 3 aromatic rings. The van der Waals surface area contributed by atoms with E-state index in [9.17, 15) is 4.79 Å². The molecule has 2 heterocycles. The van der Waals surface area contributed by atoms with E-state index >= 15 is 0 Å². The lowest BCUT2D eigenvalue weighted by atomic mass is 10.0. The van der Waals surface area contributed by atoms with E-state index in [1.165, 1.54) is 11.8 Å². The Kier molecular flexibility index (Phi) is 3.60. The maximum absolute atomic E-state index is 12.1. The van der Waals surface area contributed by atoms with Crippen molar-refractivity contribution in [1.29, 1.82) is 0 Å². The van der Waals surface area contributed by atoms with Crippen LogP contribution in [0.2, 0.25) is 0 Å². The van der Waals surface area contributed by atoms with E-state index < -0.39 is 0 Å². The Morgan fingerprint density at radius 1 is 1.33 bits per heavy atom. The van der Waals surface area contributed by atoms with Gasteiger partial charge < -0.3 is 14.4 Å². The van der Waals surface area contributed by atoms with E-state index in [1.807, 2.05) is 19.1 Å². The zero-order valence-electron chi connectivity index (χ0n) is 13.2. The fourth-order valence-corrected chi connectivity index (χ4v) is 2.98. The van der Waals surface area contributed by atoms with Crippen molar-refractivity contribution in [3.63, 3.8) is 0 Å². The summed E-state index contributed by atoms with van der Waals surface area (Å²) in [5.74, 6) is 1.20. The summed E-state index contributed by atoms with van der Waals surface area (Å²) in [7, 11) is 0. The third-order valence-electron chi connectivity index (χ3n) is 4.22. The molecule has 0 saturated carbocycles. The first kappa shape index (κ1) is 14.6. The predicted molar refractivity (Wildman–Crippen MR) is 84.1 cm³/mol. The van der Waals surface area contributed by atoms with Gasteiger partial charge in [-0.25, -0.2) is 0 Å². The molecule has 0 spiro atoms. The number of carbonyl (C=O) groups excluding carboxylic acids is 1. The number of nitrogens with zero attached hydrogens (tertiary/aromatic N) is 3. The number of aromatic nitrogens is 3. The van der Waals surface area contributed by atoms with Gasteiger partial charge in [0, 0.05) is 18.1 Å². The minimum Gasteiger partial charge on any atom is -0.351 e. The average Bonchev–Trinajstić information content (AvgIpc) is 3.35. The summed E-state index contributed by atoms with van der Waals surface area (Å²) >= 11 is 0. The lowest BCUT2D eigenvalue weighted by Gasteiger charge is -2.13. The Morgan fingerprint density at radius 2 is 2.25 bits per heavy atom. The van der Waals surface area contributed by atoms with Gasteiger partial charge in [0.25, 0.3) is 5.91 Å². The van der Waals surface area contributed by atoms with Crippen LogP contribution in [0.4, 0.5) is 0 Å². The molecule has 1 aliphatic carbocycles.